The second-order valence-electron chi connectivity index (χ2n) is 4.78. The van der Waals surface area contributed by atoms with E-state index >= 15 is 0 Å². The molecule has 1 amide bonds. The molecule has 0 aromatic heterocycles. The SMILES string of the molecule is CO[C@@H](C(=O)N/N=C\c1ccc(OCC#N)cc1)c1ccccc1. The first kappa shape index (κ1) is 17.2. The minimum absolute atomic E-state index is 0.00137. The molecule has 0 aliphatic rings. The first-order valence-corrected chi connectivity index (χ1v) is 7.25. The number of ether oxygens (including phenoxy) is 2. The Morgan fingerprint density at radius 1 is 1.25 bits per heavy atom. The van der Waals surface area contributed by atoms with Crippen LogP contribution < -0.4 is 10.2 Å². The van der Waals surface area contributed by atoms with Crippen molar-refractivity contribution in [2.24, 2.45) is 5.10 Å². The van der Waals surface area contributed by atoms with E-state index in [-0.39, 0.29) is 12.5 Å². The first-order chi connectivity index (χ1) is 11.7. The van der Waals surface area contributed by atoms with E-state index in [1.165, 1.54) is 13.3 Å². The summed E-state index contributed by atoms with van der Waals surface area (Å²) in [6, 6.07) is 18.1. The Hall–Kier alpha value is -3.17. The Labute approximate surface area is 140 Å². The molecule has 0 saturated carbocycles. The van der Waals surface area contributed by atoms with Crippen LogP contribution in [0.3, 0.4) is 0 Å². The van der Waals surface area contributed by atoms with Gasteiger partial charge >= 0.3 is 0 Å². The molecule has 0 aliphatic heterocycles. The van der Waals surface area contributed by atoms with E-state index in [0.717, 1.165) is 11.1 Å². The highest BCUT2D eigenvalue weighted by Gasteiger charge is 2.18. The fourth-order valence-electron chi connectivity index (χ4n) is 2.02. The quantitative estimate of drug-likeness (QED) is 0.626. The Bertz CT molecular complexity index is 721. The number of rotatable bonds is 7. The lowest BCUT2D eigenvalue weighted by atomic mass is 10.1. The molecular formula is C18H17N3O3. The molecule has 0 heterocycles. The monoisotopic (exact) mass is 323 g/mol. The molecule has 0 saturated heterocycles. The predicted molar refractivity (Wildman–Crippen MR) is 89.5 cm³/mol. The van der Waals surface area contributed by atoms with Gasteiger partial charge in [0.2, 0.25) is 0 Å². The summed E-state index contributed by atoms with van der Waals surface area (Å²) >= 11 is 0. The van der Waals surface area contributed by atoms with Crippen LogP contribution in [0.25, 0.3) is 0 Å². The van der Waals surface area contributed by atoms with Gasteiger partial charge in [-0.3, -0.25) is 4.79 Å². The van der Waals surface area contributed by atoms with Gasteiger partial charge in [0, 0.05) is 7.11 Å². The van der Waals surface area contributed by atoms with Crippen LogP contribution in [0.5, 0.6) is 5.75 Å². The number of nitriles is 1. The van der Waals surface area contributed by atoms with Crippen LogP contribution >= 0.6 is 0 Å². The lowest BCUT2D eigenvalue weighted by Gasteiger charge is -2.13. The second-order valence-corrected chi connectivity index (χ2v) is 4.78. The van der Waals surface area contributed by atoms with Gasteiger partial charge in [-0.05, 0) is 35.4 Å². The number of nitrogens with one attached hydrogen (secondary N) is 1. The Morgan fingerprint density at radius 2 is 1.96 bits per heavy atom. The summed E-state index contributed by atoms with van der Waals surface area (Å²) in [6.45, 7) is 0.00137. The summed E-state index contributed by atoms with van der Waals surface area (Å²) in [6.07, 6.45) is 0.800. The maximum atomic E-state index is 12.1. The van der Waals surface area contributed by atoms with Crippen LogP contribution in [0.15, 0.2) is 59.7 Å². The molecule has 6 nitrogen and oxygen atoms in total. The zero-order valence-electron chi connectivity index (χ0n) is 13.2. The Morgan fingerprint density at radius 3 is 2.58 bits per heavy atom. The highest BCUT2D eigenvalue weighted by Crippen LogP contribution is 2.16. The number of carbonyl (C=O) groups is 1. The van der Waals surface area contributed by atoms with Gasteiger partial charge in [-0.25, -0.2) is 5.43 Å². The standard InChI is InChI=1S/C18H17N3O3/c1-23-17(15-5-3-2-4-6-15)18(22)21-20-13-14-7-9-16(10-8-14)24-12-11-19/h2-10,13,17H,12H2,1H3,(H,21,22)/b20-13-/t17-/m1/s1. The van der Waals surface area contributed by atoms with E-state index in [2.05, 4.69) is 10.5 Å². The van der Waals surface area contributed by atoms with Crippen molar-refractivity contribution < 1.29 is 14.3 Å². The molecule has 0 bridgehead atoms. The molecule has 0 aliphatic carbocycles. The molecule has 1 atom stereocenters. The largest absolute Gasteiger partial charge is 0.479 e. The lowest BCUT2D eigenvalue weighted by Crippen LogP contribution is -2.26. The van der Waals surface area contributed by atoms with Crippen molar-refractivity contribution in [3.63, 3.8) is 0 Å². The molecule has 24 heavy (non-hydrogen) atoms. The van der Waals surface area contributed by atoms with Crippen molar-refractivity contribution in [3.8, 4) is 11.8 Å². The number of nitrogens with zero attached hydrogens (tertiary/aromatic N) is 2. The maximum Gasteiger partial charge on any atom is 0.273 e. The van der Waals surface area contributed by atoms with Crippen molar-refractivity contribution in [2.45, 2.75) is 6.10 Å². The third kappa shape index (κ3) is 4.93. The molecule has 0 unspecified atom stereocenters. The third-order valence-electron chi connectivity index (χ3n) is 3.15. The smallest absolute Gasteiger partial charge is 0.273 e. The van der Waals surface area contributed by atoms with Crippen LogP contribution in [-0.2, 0) is 9.53 Å². The van der Waals surface area contributed by atoms with E-state index in [1.54, 1.807) is 24.3 Å². The van der Waals surface area contributed by atoms with Gasteiger partial charge in [0.1, 0.15) is 11.8 Å². The predicted octanol–water partition coefficient (Wildman–Crippen LogP) is 2.43. The van der Waals surface area contributed by atoms with Crippen molar-refractivity contribution in [1.29, 1.82) is 5.26 Å². The normalized spacial score (nSPS) is 11.7. The highest BCUT2D eigenvalue weighted by atomic mass is 16.5. The van der Waals surface area contributed by atoms with Crippen LogP contribution in [0.2, 0.25) is 0 Å². The summed E-state index contributed by atoms with van der Waals surface area (Å²) in [4.78, 5) is 12.1. The van der Waals surface area contributed by atoms with Gasteiger partial charge in [0.05, 0.1) is 6.21 Å². The number of methoxy groups -OCH3 is 1. The average molecular weight is 323 g/mol. The fourth-order valence-corrected chi connectivity index (χ4v) is 2.02. The molecule has 122 valence electrons. The number of hydrazone groups is 1. The van der Waals surface area contributed by atoms with Gasteiger partial charge in [-0.1, -0.05) is 30.3 Å². The molecule has 6 heteroatoms. The van der Waals surface area contributed by atoms with Crippen LogP contribution in [-0.4, -0.2) is 25.8 Å². The zero-order valence-corrected chi connectivity index (χ0v) is 13.2. The number of hydrogen-bond acceptors (Lipinski definition) is 5. The summed E-state index contributed by atoms with van der Waals surface area (Å²) in [5.74, 6) is 0.246. The summed E-state index contributed by atoms with van der Waals surface area (Å²) < 4.78 is 10.4. The van der Waals surface area contributed by atoms with Crippen LogP contribution in [0.4, 0.5) is 0 Å². The molecule has 1 N–H and O–H groups in total. The second kappa shape index (κ2) is 9.08. The van der Waals surface area contributed by atoms with Gasteiger partial charge in [0.25, 0.3) is 5.91 Å². The number of benzene rings is 2. The number of carbonyl (C=O) groups excluding carboxylic acids is 1. The Kier molecular flexibility index (Phi) is 6.50. The molecular weight excluding hydrogens is 306 g/mol. The van der Waals surface area contributed by atoms with Gasteiger partial charge < -0.3 is 9.47 Å². The molecule has 2 aromatic rings. The average Bonchev–Trinajstić information content (AvgIpc) is 2.62. The lowest BCUT2D eigenvalue weighted by molar-refractivity contribution is -0.131. The van der Waals surface area contributed by atoms with Crippen molar-refractivity contribution in [2.75, 3.05) is 13.7 Å². The van der Waals surface area contributed by atoms with Crippen molar-refractivity contribution in [3.05, 3.63) is 65.7 Å². The maximum absolute atomic E-state index is 12.1. The fraction of sp³-hybridized carbons (Fsp3) is 0.167. The summed E-state index contributed by atoms with van der Waals surface area (Å²) in [5, 5.41) is 12.4. The van der Waals surface area contributed by atoms with Crippen LogP contribution in [0, 0.1) is 11.3 Å². The zero-order chi connectivity index (χ0) is 17.2. The van der Waals surface area contributed by atoms with E-state index in [0.29, 0.717) is 5.75 Å². The summed E-state index contributed by atoms with van der Waals surface area (Å²) in [7, 11) is 1.47. The highest BCUT2D eigenvalue weighted by molar-refractivity contribution is 5.85. The molecule has 0 spiro atoms. The minimum Gasteiger partial charge on any atom is -0.479 e. The molecule has 2 rings (SSSR count). The van der Waals surface area contributed by atoms with Gasteiger partial charge in [-0.2, -0.15) is 10.4 Å². The number of hydrogen-bond donors (Lipinski definition) is 1. The molecule has 0 fully saturated rings. The first-order valence-electron chi connectivity index (χ1n) is 7.25. The van der Waals surface area contributed by atoms with Crippen LogP contribution in [0.1, 0.15) is 17.2 Å². The van der Waals surface area contributed by atoms with E-state index in [4.69, 9.17) is 14.7 Å². The van der Waals surface area contributed by atoms with E-state index < -0.39 is 6.10 Å². The van der Waals surface area contributed by atoms with Gasteiger partial charge in [0.15, 0.2) is 12.7 Å². The molecule has 0 radical (unpaired) electrons. The topological polar surface area (TPSA) is 83.7 Å². The van der Waals surface area contributed by atoms with Gasteiger partial charge in [-0.15, -0.1) is 0 Å². The van der Waals surface area contributed by atoms with E-state index in [1.807, 2.05) is 36.4 Å². The molecule has 2 aromatic carbocycles. The van der Waals surface area contributed by atoms with Crippen molar-refractivity contribution >= 4 is 12.1 Å². The summed E-state index contributed by atoms with van der Waals surface area (Å²) in [5.41, 5.74) is 4.00. The number of amides is 1. The van der Waals surface area contributed by atoms with Crippen molar-refractivity contribution in [1.82, 2.24) is 5.43 Å². The minimum atomic E-state index is -0.717. The van der Waals surface area contributed by atoms with E-state index in [9.17, 15) is 4.79 Å². The Balaban J connectivity index is 1.93. The third-order valence-corrected chi connectivity index (χ3v) is 3.15.